The second-order valence-corrected chi connectivity index (χ2v) is 6.61. The Morgan fingerprint density at radius 2 is 2.11 bits per heavy atom. The van der Waals surface area contributed by atoms with E-state index in [-0.39, 0.29) is 0 Å². The highest BCUT2D eigenvalue weighted by atomic mass is 35.5. The summed E-state index contributed by atoms with van der Waals surface area (Å²) in [5, 5.41) is 11.6. The zero-order valence-corrected chi connectivity index (χ0v) is 12.8. The molecule has 2 unspecified atom stereocenters. The van der Waals surface area contributed by atoms with Crippen molar-refractivity contribution in [2.75, 3.05) is 0 Å². The van der Waals surface area contributed by atoms with Crippen molar-refractivity contribution in [2.24, 2.45) is 5.92 Å². The van der Waals surface area contributed by atoms with Crippen molar-refractivity contribution in [3.05, 3.63) is 34.3 Å². The molecule has 106 valence electrons. The summed E-state index contributed by atoms with van der Waals surface area (Å²) in [6.07, 6.45) is 7.31. The van der Waals surface area contributed by atoms with Crippen LogP contribution in [-0.4, -0.2) is 10.7 Å². The van der Waals surface area contributed by atoms with Crippen molar-refractivity contribution in [3.8, 4) is 0 Å². The number of benzene rings is 1. The van der Waals surface area contributed by atoms with Crippen molar-refractivity contribution in [1.82, 2.24) is 0 Å². The summed E-state index contributed by atoms with van der Waals surface area (Å²) in [5.74, 6) is 0.794. The van der Waals surface area contributed by atoms with Crippen molar-refractivity contribution in [2.45, 2.75) is 64.4 Å². The van der Waals surface area contributed by atoms with Gasteiger partial charge >= 0.3 is 0 Å². The summed E-state index contributed by atoms with van der Waals surface area (Å²) >= 11 is 6.30. The maximum atomic E-state index is 10.9. The zero-order chi connectivity index (χ0) is 13.9. The molecule has 1 fully saturated rings. The molecule has 1 aliphatic carbocycles. The van der Waals surface area contributed by atoms with Crippen molar-refractivity contribution >= 4 is 11.6 Å². The highest BCUT2D eigenvalue weighted by Crippen LogP contribution is 2.35. The minimum atomic E-state index is -0.553. The fourth-order valence-electron chi connectivity index (χ4n) is 3.20. The number of aryl methyl sites for hydroxylation is 1. The van der Waals surface area contributed by atoms with Crippen LogP contribution in [0.25, 0.3) is 0 Å². The molecule has 1 saturated carbocycles. The molecule has 0 saturated heterocycles. The van der Waals surface area contributed by atoms with Gasteiger partial charge < -0.3 is 5.11 Å². The first-order valence-electron chi connectivity index (χ1n) is 7.50. The largest absolute Gasteiger partial charge is 0.390 e. The molecule has 0 radical (unpaired) electrons. The van der Waals surface area contributed by atoms with Gasteiger partial charge in [-0.25, -0.2) is 0 Å². The zero-order valence-electron chi connectivity index (χ0n) is 12.1. The molecule has 1 nitrogen and oxygen atoms in total. The van der Waals surface area contributed by atoms with Crippen molar-refractivity contribution in [3.63, 3.8) is 0 Å². The molecular weight excluding hydrogens is 256 g/mol. The Bertz CT molecular complexity index is 429. The first kappa shape index (κ1) is 14.9. The fraction of sp³-hybridized carbons (Fsp3) is 0.647. The molecule has 1 aliphatic rings. The van der Waals surface area contributed by atoms with E-state index in [4.69, 9.17) is 11.6 Å². The summed E-state index contributed by atoms with van der Waals surface area (Å²) in [7, 11) is 0. The molecule has 2 rings (SSSR count). The average Bonchev–Trinajstić information content (AvgIpc) is 2.55. The van der Waals surface area contributed by atoms with Crippen molar-refractivity contribution < 1.29 is 5.11 Å². The predicted octanol–water partition coefficient (Wildman–Crippen LogP) is 4.91. The van der Waals surface area contributed by atoms with E-state index in [1.807, 2.05) is 13.0 Å². The molecule has 0 heterocycles. The Labute approximate surface area is 122 Å². The molecular formula is C17H25ClO. The number of hydrogen-bond acceptors (Lipinski definition) is 1. The first-order chi connectivity index (χ1) is 9.02. The van der Waals surface area contributed by atoms with E-state index in [0.717, 1.165) is 42.2 Å². The number of halogens is 1. The van der Waals surface area contributed by atoms with E-state index in [2.05, 4.69) is 19.1 Å². The van der Waals surface area contributed by atoms with Gasteiger partial charge in [0.25, 0.3) is 0 Å². The van der Waals surface area contributed by atoms with Crippen LogP contribution in [0.5, 0.6) is 0 Å². The lowest BCUT2D eigenvalue weighted by Crippen LogP contribution is -2.30. The second-order valence-electron chi connectivity index (χ2n) is 6.20. The Balaban J connectivity index is 2.08. The van der Waals surface area contributed by atoms with Gasteiger partial charge in [0.05, 0.1) is 5.60 Å². The van der Waals surface area contributed by atoms with Crippen LogP contribution in [0.3, 0.4) is 0 Å². The summed E-state index contributed by atoms with van der Waals surface area (Å²) in [6.45, 7) is 4.30. The smallest absolute Gasteiger partial charge is 0.0688 e. The van der Waals surface area contributed by atoms with E-state index >= 15 is 0 Å². The van der Waals surface area contributed by atoms with E-state index in [1.54, 1.807) is 0 Å². The molecule has 0 aliphatic heterocycles. The molecule has 0 spiro atoms. The van der Waals surface area contributed by atoms with E-state index in [1.165, 1.54) is 18.4 Å². The summed E-state index contributed by atoms with van der Waals surface area (Å²) in [5.41, 5.74) is 1.71. The number of aliphatic hydroxyl groups is 1. The van der Waals surface area contributed by atoms with Crippen LogP contribution in [0, 0.1) is 12.8 Å². The quantitative estimate of drug-likeness (QED) is 0.780. The van der Waals surface area contributed by atoms with Gasteiger partial charge in [0.2, 0.25) is 0 Å². The number of rotatable bonds is 3. The molecule has 19 heavy (non-hydrogen) atoms. The lowest BCUT2D eigenvalue weighted by molar-refractivity contribution is 0.0242. The van der Waals surface area contributed by atoms with Crippen LogP contribution in [0.4, 0.5) is 0 Å². The second kappa shape index (κ2) is 6.28. The standard InChI is InChI=1S/C17H25ClO/c1-3-14-5-4-9-17(19,10-8-14)12-15-7-6-13(2)11-16(15)18/h6-7,11,14,19H,3-5,8-10,12H2,1-2H3. The summed E-state index contributed by atoms with van der Waals surface area (Å²) in [4.78, 5) is 0. The van der Waals surface area contributed by atoms with Crippen LogP contribution in [0.15, 0.2) is 18.2 Å². The van der Waals surface area contributed by atoms with Crippen LogP contribution < -0.4 is 0 Å². The lowest BCUT2D eigenvalue weighted by atomic mass is 9.86. The SMILES string of the molecule is CCC1CCCC(O)(Cc2ccc(C)cc2Cl)CC1. The van der Waals surface area contributed by atoms with Gasteiger partial charge in [-0.05, 0) is 49.3 Å². The van der Waals surface area contributed by atoms with Gasteiger partial charge in [0.15, 0.2) is 0 Å². The van der Waals surface area contributed by atoms with Crippen LogP contribution in [0.2, 0.25) is 5.02 Å². The predicted molar refractivity (Wildman–Crippen MR) is 81.7 cm³/mol. The Kier molecular flexibility index (Phi) is 4.92. The van der Waals surface area contributed by atoms with Gasteiger partial charge in [0.1, 0.15) is 0 Å². The molecule has 2 heteroatoms. The molecule has 2 atom stereocenters. The topological polar surface area (TPSA) is 20.2 Å². The van der Waals surface area contributed by atoms with Gasteiger partial charge in [-0.1, -0.05) is 49.9 Å². The molecule has 0 amide bonds. The third-order valence-corrected chi connectivity index (χ3v) is 4.93. The highest BCUT2D eigenvalue weighted by molar-refractivity contribution is 6.31. The molecule has 1 aromatic carbocycles. The normalized spacial score (nSPS) is 28.1. The van der Waals surface area contributed by atoms with Gasteiger partial charge in [0, 0.05) is 11.4 Å². The minimum absolute atomic E-state index is 0.553. The highest BCUT2D eigenvalue weighted by Gasteiger charge is 2.31. The molecule has 0 aromatic heterocycles. The maximum Gasteiger partial charge on any atom is 0.0688 e. The average molecular weight is 281 g/mol. The summed E-state index contributed by atoms with van der Waals surface area (Å²) < 4.78 is 0. The van der Waals surface area contributed by atoms with E-state index < -0.39 is 5.60 Å². The van der Waals surface area contributed by atoms with E-state index in [9.17, 15) is 5.11 Å². The van der Waals surface area contributed by atoms with E-state index in [0.29, 0.717) is 6.42 Å². The monoisotopic (exact) mass is 280 g/mol. The minimum Gasteiger partial charge on any atom is -0.390 e. The fourth-order valence-corrected chi connectivity index (χ4v) is 3.50. The van der Waals surface area contributed by atoms with Crippen LogP contribution >= 0.6 is 11.6 Å². The van der Waals surface area contributed by atoms with Gasteiger partial charge in [-0.2, -0.15) is 0 Å². The Morgan fingerprint density at radius 3 is 2.79 bits per heavy atom. The third kappa shape index (κ3) is 3.97. The van der Waals surface area contributed by atoms with Gasteiger partial charge in [-0.3, -0.25) is 0 Å². The third-order valence-electron chi connectivity index (χ3n) is 4.58. The Morgan fingerprint density at radius 1 is 1.32 bits per heavy atom. The van der Waals surface area contributed by atoms with Gasteiger partial charge in [-0.15, -0.1) is 0 Å². The Hall–Kier alpha value is -0.530. The maximum absolute atomic E-state index is 10.9. The molecule has 1 aromatic rings. The van der Waals surface area contributed by atoms with Crippen LogP contribution in [0.1, 0.15) is 56.6 Å². The number of hydrogen-bond donors (Lipinski definition) is 1. The van der Waals surface area contributed by atoms with Crippen molar-refractivity contribution in [1.29, 1.82) is 0 Å². The lowest BCUT2D eigenvalue weighted by Gasteiger charge is -2.27. The first-order valence-corrected chi connectivity index (χ1v) is 7.87. The molecule has 0 bridgehead atoms. The summed E-state index contributed by atoms with van der Waals surface area (Å²) in [6, 6.07) is 6.14. The molecule has 1 N–H and O–H groups in total. The van der Waals surface area contributed by atoms with Crippen LogP contribution in [-0.2, 0) is 6.42 Å².